The van der Waals surface area contributed by atoms with Gasteiger partial charge in [0.2, 0.25) is 11.9 Å². The van der Waals surface area contributed by atoms with Crippen molar-refractivity contribution < 1.29 is 9.59 Å². The van der Waals surface area contributed by atoms with Gasteiger partial charge in [-0.1, -0.05) is 6.07 Å². The Morgan fingerprint density at radius 2 is 2.03 bits per heavy atom. The third-order valence-corrected chi connectivity index (χ3v) is 4.20. The van der Waals surface area contributed by atoms with E-state index in [4.69, 9.17) is 11.5 Å². The van der Waals surface area contributed by atoms with Crippen molar-refractivity contribution in [3.8, 4) is 0 Å². The van der Waals surface area contributed by atoms with Gasteiger partial charge in [-0.3, -0.25) is 19.4 Å². The largest absolute Gasteiger partial charge is 0.385 e. The molecule has 0 saturated carbocycles. The SMILES string of the molecule is CCNC(=O)/C=C/c1ccc(NCCCc2c(N)nc(N)[nH]c2=O)cc1C(C)=O. The first-order chi connectivity index (χ1) is 13.8. The van der Waals surface area contributed by atoms with E-state index < -0.39 is 0 Å². The van der Waals surface area contributed by atoms with Gasteiger partial charge < -0.3 is 22.1 Å². The second-order valence-corrected chi connectivity index (χ2v) is 6.43. The normalized spacial score (nSPS) is 10.8. The third-order valence-electron chi connectivity index (χ3n) is 4.20. The maximum atomic E-state index is 12.0. The van der Waals surface area contributed by atoms with Gasteiger partial charge in [0, 0.05) is 30.4 Å². The Hall–Kier alpha value is -3.62. The molecule has 0 saturated heterocycles. The van der Waals surface area contributed by atoms with Crippen LogP contribution >= 0.6 is 0 Å². The zero-order valence-corrected chi connectivity index (χ0v) is 16.5. The molecule has 0 aliphatic rings. The first-order valence-corrected chi connectivity index (χ1v) is 9.30. The van der Waals surface area contributed by atoms with E-state index in [0.717, 1.165) is 5.69 Å². The number of carbonyl (C=O) groups excluding carboxylic acids is 2. The van der Waals surface area contributed by atoms with Crippen molar-refractivity contribution in [1.82, 2.24) is 15.3 Å². The molecule has 0 spiro atoms. The van der Waals surface area contributed by atoms with Crippen molar-refractivity contribution in [1.29, 1.82) is 0 Å². The Morgan fingerprint density at radius 3 is 2.69 bits per heavy atom. The predicted molar refractivity (Wildman–Crippen MR) is 115 cm³/mol. The number of benzene rings is 1. The van der Waals surface area contributed by atoms with Gasteiger partial charge in [-0.05, 0) is 50.5 Å². The molecule has 0 atom stereocenters. The van der Waals surface area contributed by atoms with Crippen LogP contribution in [0.3, 0.4) is 0 Å². The van der Waals surface area contributed by atoms with Gasteiger partial charge in [0.15, 0.2) is 5.78 Å². The number of rotatable bonds is 9. The summed E-state index contributed by atoms with van der Waals surface area (Å²) in [6, 6.07) is 5.35. The number of hydrogen-bond acceptors (Lipinski definition) is 7. The number of hydrogen-bond donors (Lipinski definition) is 5. The highest BCUT2D eigenvalue weighted by atomic mass is 16.1. The van der Waals surface area contributed by atoms with Crippen LogP contribution in [0.2, 0.25) is 0 Å². The van der Waals surface area contributed by atoms with Crippen molar-refractivity contribution in [3.63, 3.8) is 0 Å². The minimum atomic E-state index is -0.336. The van der Waals surface area contributed by atoms with Gasteiger partial charge in [-0.15, -0.1) is 0 Å². The average Bonchev–Trinajstić information content (AvgIpc) is 2.65. The number of H-pyrrole nitrogens is 1. The number of aromatic amines is 1. The molecule has 2 rings (SSSR count). The lowest BCUT2D eigenvalue weighted by Gasteiger charge is -2.10. The van der Waals surface area contributed by atoms with Crippen LogP contribution in [0.4, 0.5) is 17.5 Å². The van der Waals surface area contributed by atoms with E-state index in [1.165, 1.54) is 13.0 Å². The highest BCUT2D eigenvalue weighted by Crippen LogP contribution is 2.18. The van der Waals surface area contributed by atoms with Crippen LogP contribution in [0, 0.1) is 0 Å². The van der Waals surface area contributed by atoms with E-state index in [2.05, 4.69) is 20.6 Å². The van der Waals surface area contributed by atoms with Crippen LogP contribution < -0.4 is 27.7 Å². The molecule has 1 aromatic heterocycles. The number of nitrogens with one attached hydrogen (secondary N) is 3. The van der Waals surface area contributed by atoms with Crippen LogP contribution in [-0.2, 0) is 11.2 Å². The standard InChI is InChI=1S/C20H26N6O3/c1-3-23-17(28)9-7-13-6-8-14(11-16(13)12(2)27)24-10-4-5-15-18(21)25-20(22)26-19(15)29/h6-9,11,24H,3-5,10H2,1-2H3,(H,23,28)(H5,21,22,25,26,29)/b9-7+. The van der Waals surface area contributed by atoms with E-state index >= 15 is 0 Å². The molecule has 0 aliphatic heterocycles. The highest BCUT2D eigenvalue weighted by Gasteiger charge is 2.09. The molecular weight excluding hydrogens is 372 g/mol. The number of ketones is 1. The maximum absolute atomic E-state index is 12.0. The van der Waals surface area contributed by atoms with Crippen molar-refractivity contribution in [3.05, 3.63) is 51.3 Å². The molecule has 1 aromatic carbocycles. The molecule has 9 heteroatoms. The third kappa shape index (κ3) is 6.20. The zero-order chi connectivity index (χ0) is 21.4. The second kappa shape index (κ2) is 10.1. The minimum Gasteiger partial charge on any atom is -0.385 e. The fourth-order valence-electron chi connectivity index (χ4n) is 2.79. The summed E-state index contributed by atoms with van der Waals surface area (Å²) in [6.07, 6.45) is 4.09. The number of Topliss-reactive ketones (excluding diaryl/α,β-unsaturated/α-hetero) is 1. The molecular formula is C20H26N6O3. The summed E-state index contributed by atoms with van der Waals surface area (Å²) in [4.78, 5) is 41.7. The Labute approximate surface area is 168 Å². The molecule has 0 unspecified atom stereocenters. The van der Waals surface area contributed by atoms with Crippen LogP contribution in [0.1, 0.15) is 41.8 Å². The van der Waals surface area contributed by atoms with Crippen molar-refractivity contribution >= 4 is 35.2 Å². The molecule has 1 heterocycles. The summed E-state index contributed by atoms with van der Waals surface area (Å²) in [5.41, 5.74) is 13.2. The van der Waals surface area contributed by atoms with Gasteiger partial charge in [-0.25, -0.2) is 0 Å². The van der Waals surface area contributed by atoms with Crippen LogP contribution in [0.15, 0.2) is 29.1 Å². The number of aromatic nitrogens is 2. The fraction of sp³-hybridized carbons (Fsp3) is 0.300. The quantitative estimate of drug-likeness (QED) is 0.242. The second-order valence-electron chi connectivity index (χ2n) is 6.43. The van der Waals surface area contributed by atoms with Crippen LogP contribution in [-0.4, -0.2) is 34.7 Å². The van der Waals surface area contributed by atoms with Crippen molar-refractivity contribution in [2.75, 3.05) is 29.9 Å². The lowest BCUT2D eigenvalue weighted by molar-refractivity contribution is -0.116. The molecule has 154 valence electrons. The van der Waals surface area contributed by atoms with Crippen LogP contribution in [0.25, 0.3) is 6.08 Å². The van der Waals surface area contributed by atoms with Gasteiger partial charge in [-0.2, -0.15) is 4.98 Å². The van der Waals surface area contributed by atoms with E-state index in [1.807, 2.05) is 13.0 Å². The molecule has 0 radical (unpaired) electrons. The Kier molecular flexibility index (Phi) is 7.53. The fourth-order valence-corrected chi connectivity index (χ4v) is 2.79. The topological polar surface area (TPSA) is 156 Å². The molecule has 9 nitrogen and oxygen atoms in total. The van der Waals surface area contributed by atoms with Gasteiger partial charge in [0.1, 0.15) is 5.82 Å². The number of amides is 1. The van der Waals surface area contributed by atoms with E-state index in [1.54, 1.807) is 18.2 Å². The molecule has 0 bridgehead atoms. The number of likely N-dealkylation sites (N-methyl/N-ethyl adjacent to an activating group) is 1. The number of nitrogens with two attached hydrogens (primary N) is 2. The lowest BCUT2D eigenvalue weighted by Crippen LogP contribution is -2.20. The van der Waals surface area contributed by atoms with Gasteiger partial charge in [0.05, 0.1) is 5.56 Å². The lowest BCUT2D eigenvalue weighted by atomic mass is 10.0. The number of anilines is 3. The first-order valence-electron chi connectivity index (χ1n) is 9.30. The molecule has 1 amide bonds. The molecule has 29 heavy (non-hydrogen) atoms. The summed E-state index contributed by atoms with van der Waals surface area (Å²) < 4.78 is 0. The zero-order valence-electron chi connectivity index (χ0n) is 16.5. The molecule has 2 aromatic rings. The number of carbonyl (C=O) groups is 2. The van der Waals surface area contributed by atoms with E-state index in [9.17, 15) is 14.4 Å². The Morgan fingerprint density at radius 1 is 1.28 bits per heavy atom. The van der Waals surface area contributed by atoms with Crippen LogP contribution in [0.5, 0.6) is 0 Å². The summed E-state index contributed by atoms with van der Waals surface area (Å²) in [5.74, 6) is -0.187. The van der Waals surface area contributed by atoms with Crippen molar-refractivity contribution in [2.24, 2.45) is 0 Å². The Bertz CT molecular complexity index is 981. The molecule has 0 aliphatic carbocycles. The molecule has 0 fully saturated rings. The predicted octanol–water partition coefficient (Wildman–Crippen LogP) is 1.33. The van der Waals surface area contributed by atoms with Crippen molar-refractivity contribution in [2.45, 2.75) is 26.7 Å². The van der Waals surface area contributed by atoms with Gasteiger partial charge >= 0.3 is 0 Å². The van der Waals surface area contributed by atoms with Gasteiger partial charge in [0.25, 0.3) is 5.56 Å². The minimum absolute atomic E-state index is 0.00699. The summed E-state index contributed by atoms with van der Waals surface area (Å²) >= 11 is 0. The summed E-state index contributed by atoms with van der Waals surface area (Å²) in [7, 11) is 0. The summed E-state index contributed by atoms with van der Waals surface area (Å²) in [6.45, 7) is 4.41. The number of nitrogen functional groups attached to an aromatic ring is 2. The highest BCUT2D eigenvalue weighted by molar-refractivity contribution is 6.00. The number of nitrogens with zero attached hydrogens (tertiary/aromatic N) is 1. The maximum Gasteiger partial charge on any atom is 0.257 e. The van der Waals surface area contributed by atoms with E-state index in [0.29, 0.717) is 42.6 Å². The smallest absolute Gasteiger partial charge is 0.257 e. The Balaban J connectivity index is 2.01. The summed E-state index contributed by atoms with van der Waals surface area (Å²) in [5, 5.41) is 5.89. The van der Waals surface area contributed by atoms with E-state index in [-0.39, 0.29) is 29.0 Å². The molecule has 7 N–H and O–H groups in total. The monoisotopic (exact) mass is 398 g/mol. The average molecular weight is 398 g/mol. The first kappa shape index (κ1) is 21.7.